The molecule has 1 aliphatic rings. The van der Waals surface area contributed by atoms with Crippen LogP contribution in [-0.4, -0.2) is 46.4 Å². The minimum absolute atomic E-state index is 0.161. The highest BCUT2D eigenvalue weighted by atomic mass is 35.5. The lowest BCUT2D eigenvalue weighted by atomic mass is 10.1. The van der Waals surface area contributed by atoms with Gasteiger partial charge in [-0.05, 0) is 43.2 Å². The van der Waals surface area contributed by atoms with Crippen LogP contribution < -0.4 is 9.47 Å². The number of carbonyl (C=O) groups is 1. The van der Waals surface area contributed by atoms with E-state index in [1.165, 1.54) is 0 Å². The van der Waals surface area contributed by atoms with Gasteiger partial charge in [-0.1, -0.05) is 69.7 Å². The van der Waals surface area contributed by atoms with E-state index in [4.69, 9.17) is 26.3 Å². The summed E-state index contributed by atoms with van der Waals surface area (Å²) < 4.78 is 12.1. The number of benzene rings is 2. The molecule has 1 fully saturated rings. The summed E-state index contributed by atoms with van der Waals surface area (Å²) in [6.45, 7) is 16.7. The van der Waals surface area contributed by atoms with Crippen LogP contribution in [0.1, 0.15) is 64.7 Å². The molecule has 0 amide bonds. The van der Waals surface area contributed by atoms with Crippen molar-refractivity contribution in [3.63, 3.8) is 0 Å². The van der Waals surface area contributed by atoms with Gasteiger partial charge in [-0.25, -0.2) is 0 Å². The predicted molar refractivity (Wildman–Crippen MR) is 156 cm³/mol. The zero-order valence-corrected chi connectivity index (χ0v) is 24.6. The maximum Gasteiger partial charge on any atom is 0.321 e. The van der Waals surface area contributed by atoms with Crippen LogP contribution in [0.3, 0.4) is 0 Å². The number of hydrogen-bond donors (Lipinski definition) is 2. The highest BCUT2D eigenvalue weighted by molar-refractivity contribution is 6.32. The Balaban J connectivity index is 0.00000181. The van der Waals surface area contributed by atoms with E-state index in [9.17, 15) is 15.0 Å². The minimum atomic E-state index is -0.984. The van der Waals surface area contributed by atoms with E-state index in [0.29, 0.717) is 27.6 Å². The SMILES string of the molecule is C=CC(COc1cc(OCc2cccc(C#N)c2)c(CN2CC(O)CC2C(=O)O)cc1Cl)=C(C)C.CC.CC. The van der Waals surface area contributed by atoms with Crippen molar-refractivity contribution in [2.75, 3.05) is 13.2 Å². The van der Waals surface area contributed by atoms with Gasteiger partial charge in [0.25, 0.3) is 0 Å². The van der Waals surface area contributed by atoms with Crippen molar-refractivity contribution in [3.05, 3.63) is 81.9 Å². The third-order valence-electron chi connectivity index (χ3n) is 5.88. The molecule has 0 aromatic heterocycles. The fraction of sp³-hybridized carbons (Fsp3) is 0.419. The fourth-order valence-electron chi connectivity index (χ4n) is 3.93. The van der Waals surface area contributed by atoms with E-state index in [1.54, 1.807) is 41.3 Å². The van der Waals surface area contributed by atoms with Crippen molar-refractivity contribution in [1.29, 1.82) is 5.26 Å². The number of hydrogen-bond acceptors (Lipinski definition) is 6. The highest BCUT2D eigenvalue weighted by Gasteiger charge is 2.36. The quantitative estimate of drug-likeness (QED) is 0.311. The largest absolute Gasteiger partial charge is 0.488 e. The Morgan fingerprint density at radius 3 is 2.46 bits per heavy atom. The summed E-state index contributed by atoms with van der Waals surface area (Å²) in [4.78, 5) is 13.4. The van der Waals surface area contributed by atoms with Crippen LogP contribution in [-0.2, 0) is 17.9 Å². The van der Waals surface area contributed by atoms with Crippen molar-refractivity contribution in [3.8, 4) is 17.6 Å². The molecule has 0 aliphatic carbocycles. The summed E-state index contributed by atoms with van der Waals surface area (Å²) in [5.41, 5.74) is 4.03. The molecule has 2 N–H and O–H groups in total. The molecule has 0 spiro atoms. The molecule has 7 nitrogen and oxygen atoms in total. The molecule has 1 heterocycles. The van der Waals surface area contributed by atoms with Crippen molar-refractivity contribution in [2.24, 2.45) is 0 Å². The number of likely N-dealkylation sites (tertiary alicyclic amines) is 1. The third kappa shape index (κ3) is 10.1. The molecule has 212 valence electrons. The van der Waals surface area contributed by atoms with E-state index in [2.05, 4.69) is 12.6 Å². The summed E-state index contributed by atoms with van der Waals surface area (Å²) in [6.07, 6.45) is 1.18. The lowest BCUT2D eigenvalue weighted by molar-refractivity contribution is -0.142. The molecule has 0 saturated carbocycles. The van der Waals surface area contributed by atoms with Crippen LogP contribution in [0.25, 0.3) is 0 Å². The monoisotopic (exact) mass is 556 g/mol. The smallest absolute Gasteiger partial charge is 0.321 e. The zero-order chi connectivity index (χ0) is 29.5. The van der Waals surface area contributed by atoms with E-state index in [-0.39, 0.29) is 32.7 Å². The number of allylic oxidation sites excluding steroid dienone is 1. The van der Waals surface area contributed by atoms with E-state index >= 15 is 0 Å². The number of halogens is 1. The van der Waals surface area contributed by atoms with Gasteiger partial charge in [0, 0.05) is 31.1 Å². The first kappa shape index (κ1) is 33.7. The van der Waals surface area contributed by atoms with E-state index in [0.717, 1.165) is 16.7 Å². The van der Waals surface area contributed by atoms with Gasteiger partial charge in [0.2, 0.25) is 0 Å². The Morgan fingerprint density at radius 2 is 1.87 bits per heavy atom. The number of aliphatic carboxylic acids is 1. The van der Waals surface area contributed by atoms with Crippen molar-refractivity contribution >= 4 is 17.6 Å². The summed E-state index contributed by atoms with van der Waals surface area (Å²) in [5, 5.41) is 29.1. The topological polar surface area (TPSA) is 103 Å². The fourth-order valence-corrected chi connectivity index (χ4v) is 4.17. The summed E-state index contributed by atoms with van der Waals surface area (Å²) in [5.74, 6) is -0.0789. The van der Waals surface area contributed by atoms with Gasteiger partial charge in [0.1, 0.15) is 30.8 Å². The Morgan fingerprint density at radius 1 is 1.18 bits per heavy atom. The van der Waals surface area contributed by atoms with E-state index < -0.39 is 18.1 Å². The molecule has 39 heavy (non-hydrogen) atoms. The molecule has 1 saturated heterocycles. The van der Waals surface area contributed by atoms with Crippen molar-refractivity contribution in [2.45, 2.75) is 73.3 Å². The third-order valence-corrected chi connectivity index (χ3v) is 6.17. The molecular weight excluding hydrogens is 516 g/mol. The van der Waals surface area contributed by atoms with Crippen LogP contribution in [0.15, 0.2) is 60.2 Å². The molecule has 2 atom stereocenters. The lowest BCUT2D eigenvalue weighted by Crippen LogP contribution is -2.35. The van der Waals surface area contributed by atoms with Gasteiger partial charge < -0.3 is 19.7 Å². The Hall–Kier alpha value is -3.31. The average Bonchev–Trinajstić information content (AvgIpc) is 3.31. The first-order valence-electron chi connectivity index (χ1n) is 13.2. The molecule has 2 aromatic rings. The van der Waals surface area contributed by atoms with Crippen LogP contribution >= 0.6 is 11.6 Å². The molecule has 1 aliphatic heterocycles. The average molecular weight is 557 g/mol. The van der Waals surface area contributed by atoms with Crippen molar-refractivity contribution in [1.82, 2.24) is 4.90 Å². The maximum absolute atomic E-state index is 11.7. The van der Waals surface area contributed by atoms with Gasteiger partial charge >= 0.3 is 5.97 Å². The summed E-state index contributed by atoms with van der Waals surface area (Å²) >= 11 is 6.53. The molecule has 0 radical (unpaired) electrons. The molecule has 3 rings (SSSR count). The number of nitrogens with zero attached hydrogens (tertiary/aromatic N) is 2. The summed E-state index contributed by atoms with van der Waals surface area (Å²) in [7, 11) is 0. The van der Waals surface area contributed by atoms with Gasteiger partial charge in [-0.2, -0.15) is 5.26 Å². The van der Waals surface area contributed by atoms with Gasteiger partial charge in [0.15, 0.2) is 0 Å². The number of carboxylic acid groups (broad SMARTS) is 1. The summed E-state index contributed by atoms with van der Waals surface area (Å²) in [6, 6.07) is 11.8. The van der Waals surface area contributed by atoms with Gasteiger partial charge in [0.05, 0.1) is 22.8 Å². The number of rotatable bonds is 10. The molecular formula is C31H41ClN2O5. The standard InChI is InChI=1S/C27H29ClN2O5.2C2H6/c1-4-20(17(2)3)16-35-26-11-25(34-15-19-7-5-6-18(8-19)12-29)21(9-23(26)28)13-30-14-22(31)10-24(30)27(32)33;2*1-2/h4-9,11,22,24,31H,1,10,13-16H2,2-3H3,(H,32,33);2*1-2H3. The number of aliphatic hydroxyl groups is 1. The minimum Gasteiger partial charge on any atom is -0.488 e. The van der Waals surface area contributed by atoms with E-state index in [1.807, 2.05) is 47.6 Å². The van der Waals surface area contributed by atoms with Crippen molar-refractivity contribution < 1.29 is 24.5 Å². The Labute approximate surface area is 237 Å². The zero-order valence-electron chi connectivity index (χ0n) is 23.8. The first-order chi connectivity index (χ1) is 18.7. The Kier molecular flexibility index (Phi) is 15.0. The number of carboxylic acids is 1. The molecule has 0 bridgehead atoms. The normalized spacial score (nSPS) is 16.0. The molecule has 2 unspecified atom stereocenters. The lowest BCUT2D eigenvalue weighted by Gasteiger charge is -2.23. The molecule has 8 heteroatoms. The Bertz CT molecular complexity index is 1170. The predicted octanol–water partition coefficient (Wildman–Crippen LogP) is 6.76. The van der Waals surface area contributed by atoms with Crippen LogP contribution in [0, 0.1) is 11.3 Å². The second kappa shape index (κ2) is 17.3. The number of aliphatic hydroxyl groups excluding tert-OH is 1. The number of β-amino-alcohol motifs (C(OH)–C–C–N with tert-alkyl or cyclic N) is 1. The second-order valence-corrected chi connectivity index (χ2v) is 9.09. The van der Waals surface area contributed by atoms with Crippen LogP contribution in [0.2, 0.25) is 5.02 Å². The number of nitriles is 1. The van der Waals surface area contributed by atoms with Crippen LogP contribution in [0.4, 0.5) is 0 Å². The first-order valence-corrected chi connectivity index (χ1v) is 13.6. The second-order valence-electron chi connectivity index (χ2n) is 8.68. The number of ether oxygens (including phenoxy) is 2. The highest BCUT2D eigenvalue weighted by Crippen LogP contribution is 2.36. The van der Waals surface area contributed by atoms with Gasteiger partial charge in [-0.15, -0.1) is 0 Å². The maximum atomic E-state index is 11.7. The van der Waals surface area contributed by atoms with Crippen LogP contribution in [0.5, 0.6) is 11.5 Å². The molecule has 2 aromatic carbocycles. The van der Waals surface area contributed by atoms with Gasteiger partial charge in [-0.3, -0.25) is 9.69 Å².